The number of benzene rings is 4. The molecule has 0 bridgehead atoms. The van der Waals surface area contributed by atoms with Crippen molar-refractivity contribution in [2.24, 2.45) is 0 Å². The Labute approximate surface area is 254 Å². The lowest BCUT2D eigenvalue weighted by Crippen LogP contribution is -2.27. The minimum Gasteiger partial charge on any atom is -0.489 e. The number of aliphatic carboxylic acids is 1. The molecule has 4 aromatic rings. The number of carboxylic acids is 2. The molecule has 0 spiro atoms. The number of nitrogens with zero attached hydrogens (tertiary/aromatic N) is 1. The molecule has 0 saturated heterocycles. The molecule has 42 heavy (non-hydrogen) atoms. The van der Waals surface area contributed by atoms with Crippen molar-refractivity contribution in [1.29, 1.82) is 0 Å². The minimum atomic E-state index is -0.953. The van der Waals surface area contributed by atoms with Crippen LogP contribution in [0.3, 0.4) is 0 Å². The van der Waals surface area contributed by atoms with Gasteiger partial charge in [0.05, 0.1) is 5.56 Å². The van der Waals surface area contributed by atoms with E-state index in [9.17, 15) is 14.7 Å². The molecule has 0 amide bonds. The van der Waals surface area contributed by atoms with Crippen LogP contribution in [-0.4, -0.2) is 40.1 Å². The Morgan fingerprint density at radius 1 is 0.643 bits per heavy atom. The molecule has 4 rings (SSSR count). The van der Waals surface area contributed by atoms with Crippen LogP contribution in [0.4, 0.5) is 0 Å². The topological polar surface area (TPSA) is 87.1 Å². The molecule has 6 nitrogen and oxygen atoms in total. The lowest BCUT2D eigenvalue weighted by molar-refractivity contribution is -0.137. The van der Waals surface area contributed by atoms with Gasteiger partial charge in [0.25, 0.3) is 0 Å². The summed E-state index contributed by atoms with van der Waals surface area (Å²) in [5, 5.41) is 18.3. The van der Waals surface area contributed by atoms with Gasteiger partial charge < -0.3 is 14.9 Å². The first-order chi connectivity index (χ1) is 20.0. The Kier molecular flexibility index (Phi) is 13.1. The maximum Gasteiger partial charge on any atom is 0.335 e. The number of halogens is 1. The third kappa shape index (κ3) is 10.7. The number of hydrogen-bond acceptors (Lipinski definition) is 4. The minimum absolute atomic E-state index is 0. The highest BCUT2D eigenvalue weighted by Crippen LogP contribution is 2.21. The van der Waals surface area contributed by atoms with Crippen molar-refractivity contribution in [1.82, 2.24) is 4.90 Å². The molecule has 0 radical (unpaired) electrons. The summed E-state index contributed by atoms with van der Waals surface area (Å²) in [5.41, 5.74) is 6.09. The average Bonchev–Trinajstić information content (AvgIpc) is 2.99. The molecule has 7 heteroatoms. The van der Waals surface area contributed by atoms with Crippen molar-refractivity contribution in [2.75, 3.05) is 13.1 Å². The van der Waals surface area contributed by atoms with E-state index in [4.69, 9.17) is 9.84 Å². The van der Waals surface area contributed by atoms with Crippen LogP contribution in [0.2, 0.25) is 0 Å². The monoisotopic (exact) mass is 587 g/mol. The highest BCUT2D eigenvalue weighted by molar-refractivity contribution is 5.87. The first kappa shape index (κ1) is 32.4. The van der Waals surface area contributed by atoms with Gasteiger partial charge in [-0.1, -0.05) is 84.9 Å². The molecule has 0 atom stereocenters. The van der Waals surface area contributed by atoms with E-state index in [0.717, 1.165) is 48.2 Å². The lowest BCUT2D eigenvalue weighted by atomic mass is 10.0. The van der Waals surface area contributed by atoms with E-state index >= 15 is 0 Å². The van der Waals surface area contributed by atoms with E-state index < -0.39 is 11.9 Å². The maximum atomic E-state index is 11.2. The Balaban J connectivity index is 0.00000484. The highest BCUT2D eigenvalue weighted by atomic mass is 35.5. The summed E-state index contributed by atoms with van der Waals surface area (Å²) in [7, 11) is 0. The second-order valence-corrected chi connectivity index (χ2v) is 10.2. The van der Waals surface area contributed by atoms with Crippen LogP contribution < -0.4 is 4.74 Å². The molecule has 0 aliphatic rings. The van der Waals surface area contributed by atoms with Gasteiger partial charge in [-0.2, -0.15) is 0 Å². The van der Waals surface area contributed by atoms with Gasteiger partial charge in [0.1, 0.15) is 12.4 Å². The molecule has 0 aliphatic carbocycles. The van der Waals surface area contributed by atoms with Gasteiger partial charge in [0.2, 0.25) is 0 Å². The van der Waals surface area contributed by atoms with E-state index in [1.165, 1.54) is 11.1 Å². The number of para-hydroxylation sites is 1. The molecule has 0 aliphatic heterocycles. The summed E-state index contributed by atoms with van der Waals surface area (Å²) in [6.45, 7) is 2.44. The van der Waals surface area contributed by atoms with Crippen molar-refractivity contribution in [3.8, 4) is 5.75 Å². The fourth-order valence-electron chi connectivity index (χ4n) is 4.76. The summed E-state index contributed by atoms with van der Waals surface area (Å²) in [6, 6.07) is 34.0. The van der Waals surface area contributed by atoms with Gasteiger partial charge in [-0.25, -0.2) is 4.79 Å². The molecule has 4 aromatic carbocycles. The number of aromatic carboxylic acids is 1. The molecule has 2 N–H and O–H groups in total. The van der Waals surface area contributed by atoms with E-state index in [1.807, 2.05) is 36.4 Å². The van der Waals surface area contributed by atoms with Crippen LogP contribution in [-0.2, 0) is 37.2 Å². The maximum absolute atomic E-state index is 11.2. The second kappa shape index (κ2) is 17.0. The summed E-state index contributed by atoms with van der Waals surface area (Å²) >= 11 is 0. The smallest absolute Gasteiger partial charge is 0.335 e. The third-order valence-electron chi connectivity index (χ3n) is 7.10. The number of hydrogen-bond donors (Lipinski definition) is 2. The zero-order valence-electron chi connectivity index (χ0n) is 23.7. The molecule has 0 aromatic heterocycles. The quantitative estimate of drug-likeness (QED) is 0.146. The van der Waals surface area contributed by atoms with Crippen LogP contribution in [0.25, 0.3) is 0 Å². The van der Waals surface area contributed by atoms with E-state index in [-0.39, 0.29) is 24.4 Å². The largest absolute Gasteiger partial charge is 0.489 e. The Morgan fingerprint density at radius 3 is 1.90 bits per heavy atom. The van der Waals surface area contributed by atoms with Gasteiger partial charge in [0.15, 0.2) is 0 Å². The van der Waals surface area contributed by atoms with Crippen LogP contribution in [0.1, 0.15) is 51.0 Å². The van der Waals surface area contributed by atoms with Crippen molar-refractivity contribution in [3.05, 3.63) is 137 Å². The predicted molar refractivity (Wildman–Crippen MR) is 168 cm³/mol. The fraction of sp³-hybridized carbons (Fsp3) is 0.257. The molecule has 0 heterocycles. The Bertz CT molecular complexity index is 1390. The molecular formula is C35H38ClNO5. The fourth-order valence-corrected chi connectivity index (χ4v) is 4.76. The summed E-state index contributed by atoms with van der Waals surface area (Å²) in [5.74, 6) is -0.916. The Morgan fingerprint density at radius 2 is 1.24 bits per heavy atom. The van der Waals surface area contributed by atoms with E-state index in [1.54, 1.807) is 12.1 Å². The zero-order chi connectivity index (χ0) is 28.9. The SMILES string of the molecule is Cl.O=C(O)CCCN(CCc1ccccc1OCc1ccc(CCc2ccccc2)cc1)Cc1ccc(C(=O)O)cc1. The number of aryl methyl sites for hydroxylation is 2. The van der Waals surface area contributed by atoms with Gasteiger partial charge in [-0.3, -0.25) is 9.69 Å². The van der Waals surface area contributed by atoms with Crippen LogP contribution in [0, 0.1) is 0 Å². The average molecular weight is 588 g/mol. The summed E-state index contributed by atoms with van der Waals surface area (Å²) in [4.78, 5) is 24.5. The number of carbonyl (C=O) groups is 2. The second-order valence-electron chi connectivity index (χ2n) is 10.2. The van der Waals surface area contributed by atoms with Gasteiger partial charge >= 0.3 is 11.9 Å². The van der Waals surface area contributed by atoms with E-state index in [2.05, 4.69) is 59.5 Å². The van der Waals surface area contributed by atoms with Crippen molar-refractivity contribution < 1.29 is 24.5 Å². The molecule has 0 fully saturated rings. The van der Waals surface area contributed by atoms with Crippen LogP contribution >= 0.6 is 12.4 Å². The highest BCUT2D eigenvalue weighted by Gasteiger charge is 2.11. The summed E-state index contributed by atoms with van der Waals surface area (Å²) < 4.78 is 6.24. The van der Waals surface area contributed by atoms with Gasteiger partial charge in [-0.05, 0) is 78.2 Å². The first-order valence-corrected chi connectivity index (χ1v) is 14.0. The number of ether oxygens (including phenoxy) is 1. The zero-order valence-corrected chi connectivity index (χ0v) is 24.5. The molecule has 0 saturated carbocycles. The van der Waals surface area contributed by atoms with Crippen LogP contribution in [0.5, 0.6) is 5.75 Å². The summed E-state index contributed by atoms with van der Waals surface area (Å²) in [6.07, 6.45) is 3.42. The van der Waals surface area contributed by atoms with Crippen molar-refractivity contribution >= 4 is 24.3 Å². The standard InChI is InChI=1S/C35H37NO5.ClH/c37-34(38)11-6-23-36(25-29-18-20-32(21-19-29)35(39)40)24-22-31-9-4-5-10-33(31)41-26-30-16-14-28(15-17-30)13-12-27-7-2-1-3-8-27;/h1-5,7-10,14-21H,6,11-13,22-26H2,(H,37,38)(H,39,40);1H. The normalized spacial score (nSPS) is 10.7. The number of rotatable bonds is 16. The third-order valence-corrected chi connectivity index (χ3v) is 7.10. The Hall–Kier alpha value is -4.13. The lowest BCUT2D eigenvalue weighted by Gasteiger charge is -2.23. The molecule has 220 valence electrons. The van der Waals surface area contributed by atoms with Crippen LogP contribution in [0.15, 0.2) is 103 Å². The van der Waals surface area contributed by atoms with Gasteiger partial charge in [0, 0.05) is 19.5 Å². The van der Waals surface area contributed by atoms with Crippen molar-refractivity contribution in [3.63, 3.8) is 0 Å². The van der Waals surface area contributed by atoms with Gasteiger partial charge in [-0.15, -0.1) is 12.4 Å². The van der Waals surface area contributed by atoms with E-state index in [0.29, 0.717) is 26.1 Å². The molecular weight excluding hydrogens is 550 g/mol. The predicted octanol–water partition coefficient (Wildman–Crippen LogP) is 7.08. The number of carboxylic acid groups (broad SMARTS) is 2. The van der Waals surface area contributed by atoms with Crippen molar-refractivity contribution in [2.45, 2.75) is 45.3 Å². The molecule has 0 unspecified atom stereocenters. The first-order valence-electron chi connectivity index (χ1n) is 14.0.